The molecule has 1 aromatic rings. The van der Waals surface area contributed by atoms with Crippen molar-refractivity contribution < 1.29 is 33.9 Å². The maximum atomic E-state index is 13.2. The van der Waals surface area contributed by atoms with E-state index in [4.69, 9.17) is 9.47 Å². The van der Waals surface area contributed by atoms with Crippen LogP contribution in [0.25, 0.3) is 0 Å². The summed E-state index contributed by atoms with van der Waals surface area (Å²) in [4.78, 5) is 38.3. The van der Waals surface area contributed by atoms with E-state index in [1.54, 1.807) is 4.90 Å². The van der Waals surface area contributed by atoms with Crippen LogP contribution in [0.2, 0.25) is 0 Å². The standard InChI is InChI=1S/C18H22BNO7/c1-26-17(23)14-9-18(4-6-27-7-5-18)20(10-14)16(22)12-2-3-15(19(24)25)13(8-12)11-21/h2-3,8,11,14,24-25H,4-7,9-10H2,1H3. The quantitative estimate of drug-likeness (QED) is 0.409. The summed E-state index contributed by atoms with van der Waals surface area (Å²) in [5, 5.41) is 18.7. The van der Waals surface area contributed by atoms with Gasteiger partial charge in [-0.2, -0.15) is 0 Å². The molecule has 9 heteroatoms. The Kier molecular flexibility index (Phi) is 5.64. The van der Waals surface area contributed by atoms with Crippen molar-refractivity contribution in [3.05, 3.63) is 29.3 Å². The third-order valence-corrected chi connectivity index (χ3v) is 5.54. The van der Waals surface area contributed by atoms with Crippen LogP contribution in [0.1, 0.15) is 40.0 Å². The molecule has 2 N–H and O–H groups in total. The second-order valence-corrected chi connectivity index (χ2v) is 7.01. The van der Waals surface area contributed by atoms with Gasteiger partial charge in [-0.15, -0.1) is 0 Å². The van der Waals surface area contributed by atoms with Gasteiger partial charge in [-0.3, -0.25) is 14.4 Å². The topological polar surface area (TPSA) is 113 Å². The molecule has 2 saturated heterocycles. The van der Waals surface area contributed by atoms with Crippen LogP contribution in [-0.4, -0.2) is 72.6 Å². The third-order valence-electron chi connectivity index (χ3n) is 5.54. The van der Waals surface area contributed by atoms with Gasteiger partial charge in [0.05, 0.1) is 13.0 Å². The fourth-order valence-electron chi connectivity index (χ4n) is 4.10. The highest BCUT2D eigenvalue weighted by atomic mass is 16.5. The van der Waals surface area contributed by atoms with Gasteiger partial charge in [0.1, 0.15) is 6.29 Å². The van der Waals surface area contributed by atoms with E-state index < -0.39 is 18.6 Å². The lowest BCUT2D eigenvalue weighted by Gasteiger charge is -2.41. The number of nitrogens with zero attached hydrogens (tertiary/aromatic N) is 1. The molecule has 2 aliphatic heterocycles. The van der Waals surface area contributed by atoms with Gasteiger partial charge >= 0.3 is 13.1 Å². The van der Waals surface area contributed by atoms with E-state index in [1.165, 1.54) is 25.3 Å². The molecular formula is C18H22BNO7. The van der Waals surface area contributed by atoms with Gasteiger partial charge in [-0.25, -0.2) is 0 Å². The molecule has 3 rings (SSSR count). The fourth-order valence-corrected chi connectivity index (χ4v) is 4.10. The molecule has 0 bridgehead atoms. The number of rotatable bonds is 4. The summed E-state index contributed by atoms with van der Waals surface area (Å²) < 4.78 is 10.3. The first-order valence-corrected chi connectivity index (χ1v) is 8.84. The minimum atomic E-state index is -1.80. The van der Waals surface area contributed by atoms with Crippen LogP contribution < -0.4 is 5.46 Å². The van der Waals surface area contributed by atoms with E-state index in [2.05, 4.69) is 0 Å². The number of methoxy groups -OCH3 is 1. The predicted molar refractivity (Wildman–Crippen MR) is 95.6 cm³/mol. The van der Waals surface area contributed by atoms with E-state index in [9.17, 15) is 24.4 Å². The Morgan fingerprint density at radius 3 is 2.63 bits per heavy atom. The van der Waals surface area contributed by atoms with E-state index in [0.717, 1.165) is 0 Å². The molecule has 2 heterocycles. The molecule has 0 radical (unpaired) electrons. The summed E-state index contributed by atoms with van der Waals surface area (Å²) in [5.41, 5.74) is -0.139. The molecular weight excluding hydrogens is 353 g/mol. The summed E-state index contributed by atoms with van der Waals surface area (Å²) >= 11 is 0. The summed E-state index contributed by atoms with van der Waals surface area (Å²) in [6, 6.07) is 4.16. The Balaban J connectivity index is 1.93. The maximum Gasteiger partial charge on any atom is 0.489 e. The molecule has 0 aromatic heterocycles. The monoisotopic (exact) mass is 375 g/mol. The zero-order valence-corrected chi connectivity index (χ0v) is 15.1. The molecule has 8 nitrogen and oxygen atoms in total. The predicted octanol–water partition coefficient (Wildman–Crippen LogP) is -0.637. The van der Waals surface area contributed by atoms with Crippen LogP contribution in [-0.2, 0) is 14.3 Å². The molecule has 144 valence electrons. The van der Waals surface area contributed by atoms with E-state index in [1.807, 2.05) is 0 Å². The van der Waals surface area contributed by atoms with Gasteiger partial charge in [-0.1, -0.05) is 6.07 Å². The second kappa shape index (κ2) is 7.79. The van der Waals surface area contributed by atoms with Crippen molar-refractivity contribution in [1.29, 1.82) is 0 Å². The van der Waals surface area contributed by atoms with Gasteiger partial charge < -0.3 is 24.4 Å². The Morgan fingerprint density at radius 2 is 2.04 bits per heavy atom. The summed E-state index contributed by atoms with van der Waals surface area (Å²) in [6.45, 7) is 1.26. The SMILES string of the molecule is COC(=O)C1CN(C(=O)c2ccc(B(O)O)c(C=O)c2)C2(CCOCC2)C1. The molecule has 1 amide bonds. The molecule has 2 fully saturated rings. The Labute approximate surface area is 157 Å². The number of carbonyl (C=O) groups is 3. The lowest BCUT2D eigenvalue weighted by atomic mass is 9.76. The summed E-state index contributed by atoms with van der Waals surface area (Å²) in [5.74, 6) is -1.05. The number of likely N-dealkylation sites (tertiary alicyclic amines) is 1. The smallest absolute Gasteiger partial charge is 0.469 e. The first-order valence-electron chi connectivity index (χ1n) is 8.84. The average Bonchev–Trinajstić information content (AvgIpc) is 3.05. The van der Waals surface area contributed by atoms with Crippen molar-refractivity contribution in [2.75, 3.05) is 26.9 Å². The van der Waals surface area contributed by atoms with Crippen molar-refractivity contribution in [3.63, 3.8) is 0 Å². The maximum absolute atomic E-state index is 13.2. The van der Waals surface area contributed by atoms with Gasteiger partial charge in [0.2, 0.25) is 0 Å². The van der Waals surface area contributed by atoms with E-state index >= 15 is 0 Å². The number of benzene rings is 1. The Bertz CT molecular complexity index is 745. The van der Waals surface area contributed by atoms with Crippen LogP contribution in [0.5, 0.6) is 0 Å². The third kappa shape index (κ3) is 3.62. The molecule has 1 unspecified atom stereocenters. The van der Waals surface area contributed by atoms with Crippen LogP contribution in [0.3, 0.4) is 0 Å². The zero-order valence-electron chi connectivity index (χ0n) is 15.1. The highest BCUT2D eigenvalue weighted by Crippen LogP contribution is 2.41. The second-order valence-electron chi connectivity index (χ2n) is 7.01. The van der Waals surface area contributed by atoms with Gasteiger partial charge in [0.15, 0.2) is 0 Å². The fraction of sp³-hybridized carbons (Fsp3) is 0.500. The van der Waals surface area contributed by atoms with Crippen LogP contribution in [0.4, 0.5) is 0 Å². The van der Waals surface area contributed by atoms with Gasteiger partial charge in [0.25, 0.3) is 5.91 Å². The molecule has 1 spiro atoms. The van der Waals surface area contributed by atoms with Crippen molar-refractivity contribution in [2.45, 2.75) is 24.8 Å². The van der Waals surface area contributed by atoms with Gasteiger partial charge in [-0.05, 0) is 36.9 Å². The Hall–Kier alpha value is -2.23. The summed E-state index contributed by atoms with van der Waals surface area (Å²) in [6.07, 6.45) is 2.25. The lowest BCUT2D eigenvalue weighted by molar-refractivity contribution is -0.145. The van der Waals surface area contributed by atoms with Crippen LogP contribution in [0, 0.1) is 5.92 Å². The minimum absolute atomic E-state index is 0.0381. The lowest BCUT2D eigenvalue weighted by Crippen LogP contribution is -2.50. The molecule has 1 atom stereocenters. The first-order chi connectivity index (χ1) is 12.9. The molecule has 27 heavy (non-hydrogen) atoms. The minimum Gasteiger partial charge on any atom is -0.469 e. The average molecular weight is 375 g/mol. The molecule has 2 aliphatic rings. The van der Waals surface area contributed by atoms with E-state index in [-0.39, 0.29) is 35.0 Å². The number of ether oxygens (including phenoxy) is 2. The molecule has 0 saturated carbocycles. The Morgan fingerprint density at radius 1 is 1.33 bits per heavy atom. The first kappa shape index (κ1) is 19.5. The number of amides is 1. The van der Waals surface area contributed by atoms with E-state index in [0.29, 0.717) is 38.8 Å². The van der Waals surface area contributed by atoms with Crippen molar-refractivity contribution in [1.82, 2.24) is 4.90 Å². The van der Waals surface area contributed by atoms with Crippen molar-refractivity contribution in [2.24, 2.45) is 5.92 Å². The summed E-state index contributed by atoms with van der Waals surface area (Å²) in [7, 11) is -0.467. The number of carbonyl (C=O) groups excluding carboxylic acids is 3. The van der Waals surface area contributed by atoms with Crippen molar-refractivity contribution >= 4 is 30.7 Å². The van der Waals surface area contributed by atoms with Crippen LogP contribution >= 0.6 is 0 Å². The largest absolute Gasteiger partial charge is 0.489 e. The normalized spacial score (nSPS) is 21.1. The number of aldehydes is 1. The van der Waals surface area contributed by atoms with Crippen molar-refractivity contribution in [3.8, 4) is 0 Å². The highest BCUT2D eigenvalue weighted by molar-refractivity contribution is 6.60. The van der Waals surface area contributed by atoms with Crippen LogP contribution in [0.15, 0.2) is 18.2 Å². The highest BCUT2D eigenvalue weighted by Gasteiger charge is 2.51. The number of hydrogen-bond acceptors (Lipinski definition) is 7. The number of esters is 1. The zero-order chi connectivity index (χ0) is 19.6. The molecule has 0 aliphatic carbocycles. The number of hydrogen-bond donors (Lipinski definition) is 2. The molecule has 1 aromatic carbocycles. The van der Waals surface area contributed by atoms with Gasteiger partial charge in [0, 0.05) is 36.4 Å².